The first-order valence-corrected chi connectivity index (χ1v) is 10.6. The second kappa shape index (κ2) is 9.60. The lowest BCUT2D eigenvalue weighted by molar-refractivity contribution is -0.137. The van der Waals surface area contributed by atoms with Crippen LogP contribution in [0.5, 0.6) is 0 Å². The number of aliphatic carboxylic acids is 1. The number of nitrogens with zero attached hydrogens (tertiary/aromatic N) is 1. The normalized spacial score (nSPS) is 30.4. The Labute approximate surface area is 154 Å². The van der Waals surface area contributed by atoms with Crippen molar-refractivity contribution in [1.82, 2.24) is 0 Å². The predicted octanol–water partition coefficient (Wildman–Crippen LogP) is 6.18. The van der Waals surface area contributed by atoms with Crippen LogP contribution in [0.15, 0.2) is 0 Å². The molecule has 0 spiro atoms. The Morgan fingerprint density at radius 2 is 2.00 bits per heavy atom. The molecule has 4 unspecified atom stereocenters. The van der Waals surface area contributed by atoms with Gasteiger partial charge in [0.1, 0.15) is 0 Å². The summed E-state index contributed by atoms with van der Waals surface area (Å²) in [5.74, 6) is 1.24. The zero-order valence-electron chi connectivity index (χ0n) is 16.3. The fraction of sp³-hybridized carbons (Fsp3) is 0.909. The third-order valence-corrected chi connectivity index (χ3v) is 7.29. The fourth-order valence-electron chi connectivity index (χ4n) is 5.85. The molecule has 1 N–H and O–H groups in total. The number of rotatable bonds is 8. The van der Waals surface area contributed by atoms with E-state index in [0.717, 1.165) is 25.7 Å². The minimum absolute atomic E-state index is 0.216. The van der Waals surface area contributed by atoms with Gasteiger partial charge in [-0.2, -0.15) is 5.26 Å². The van der Waals surface area contributed by atoms with Crippen LogP contribution in [0.4, 0.5) is 0 Å². The zero-order valence-corrected chi connectivity index (χ0v) is 16.3. The van der Waals surface area contributed by atoms with Crippen LogP contribution in [0.2, 0.25) is 0 Å². The Kier molecular flexibility index (Phi) is 7.79. The lowest BCUT2D eigenvalue weighted by Crippen LogP contribution is -2.43. The van der Waals surface area contributed by atoms with Crippen LogP contribution in [-0.2, 0) is 4.79 Å². The van der Waals surface area contributed by atoms with Crippen molar-refractivity contribution in [3.8, 4) is 6.07 Å². The van der Waals surface area contributed by atoms with E-state index in [0.29, 0.717) is 23.2 Å². The number of hydrogen-bond donors (Lipinski definition) is 1. The van der Waals surface area contributed by atoms with Crippen molar-refractivity contribution < 1.29 is 9.90 Å². The standard InChI is InChI=1S/C22H37NO2/c1-3-4-12-22(13-6-5-7-14-22)20-15-18(16-23)9-10-19(20)17(2)8-11-21(24)25/h17-20H,3-15H2,1-2H3,(H,24,25). The van der Waals surface area contributed by atoms with Gasteiger partial charge in [-0.3, -0.25) is 4.79 Å². The third-order valence-electron chi connectivity index (χ3n) is 7.29. The molecule has 0 aliphatic heterocycles. The van der Waals surface area contributed by atoms with E-state index in [1.807, 2.05) is 0 Å². The number of carboxylic acids is 1. The summed E-state index contributed by atoms with van der Waals surface area (Å²) < 4.78 is 0. The van der Waals surface area contributed by atoms with E-state index in [1.54, 1.807) is 0 Å². The summed E-state index contributed by atoms with van der Waals surface area (Å²) in [6.45, 7) is 4.55. The highest BCUT2D eigenvalue weighted by Gasteiger charge is 2.46. The number of unbranched alkanes of at least 4 members (excludes halogenated alkanes) is 1. The SMILES string of the molecule is CCCCC1(C2CC(C#N)CCC2C(C)CCC(=O)O)CCCCC1. The van der Waals surface area contributed by atoms with Crippen molar-refractivity contribution in [2.24, 2.45) is 29.1 Å². The van der Waals surface area contributed by atoms with Gasteiger partial charge in [-0.1, -0.05) is 46.0 Å². The summed E-state index contributed by atoms with van der Waals surface area (Å²) in [5.41, 5.74) is 0.423. The molecule has 0 aromatic carbocycles. The molecular weight excluding hydrogens is 310 g/mol. The second-order valence-corrected chi connectivity index (χ2v) is 8.85. The van der Waals surface area contributed by atoms with Gasteiger partial charge in [0.05, 0.1) is 6.07 Å². The molecule has 0 heterocycles. The van der Waals surface area contributed by atoms with Crippen molar-refractivity contribution in [3.05, 3.63) is 0 Å². The van der Waals surface area contributed by atoms with Gasteiger partial charge in [0, 0.05) is 12.3 Å². The van der Waals surface area contributed by atoms with Crippen LogP contribution in [-0.4, -0.2) is 11.1 Å². The number of nitriles is 1. The summed E-state index contributed by atoms with van der Waals surface area (Å²) >= 11 is 0. The molecule has 3 nitrogen and oxygen atoms in total. The summed E-state index contributed by atoms with van der Waals surface area (Å²) in [6.07, 6.45) is 14.8. The first-order valence-electron chi connectivity index (χ1n) is 10.6. The molecule has 142 valence electrons. The van der Waals surface area contributed by atoms with E-state index in [2.05, 4.69) is 19.9 Å². The highest BCUT2D eigenvalue weighted by molar-refractivity contribution is 5.66. The van der Waals surface area contributed by atoms with Crippen molar-refractivity contribution in [3.63, 3.8) is 0 Å². The van der Waals surface area contributed by atoms with E-state index < -0.39 is 5.97 Å². The van der Waals surface area contributed by atoms with E-state index in [9.17, 15) is 10.1 Å². The molecule has 0 saturated heterocycles. The molecular formula is C22H37NO2. The molecule has 4 atom stereocenters. The van der Waals surface area contributed by atoms with Gasteiger partial charge < -0.3 is 5.11 Å². The van der Waals surface area contributed by atoms with Crippen molar-refractivity contribution >= 4 is 5.97 Å². The maximum absolute atomic E-state index is 11.0. The summed E-state index contributed by atoms with van der Waals surface area (Å²) in [7, 11) is 0. The topological polar surface area (TPSA) is 61.1 Å². The van der Waals surface area contributed by atoms with Crippen LogP contribution in [0.1, 0.15) is 97.3 Å². The smallest absolute Gasteiger partial charge is 0.303 e. The van der Waals surface area contributed by atoms with Crippen LogP contribution in [0.25, 0.3) is 0 Å². The second-order valence-electron chi connectivity index (χ2n) is 8.85. The number of hydrogen-bond acceptors (Lipinski definition) is 2. The Balaban J connectivity index is 2.20. The van der Waals surface area contributed by atoms with Gasteiger partial charge in [-0.25, -0.2) is 0 Å². The first kappa shape index (κ1) is 20.3. The average molecular weight is 348 g/mol. The molecule has 0 bridgehead atoms. The molecule has 0 amide bonds. The quantitative estimate of drug-likeness (QED) is 0.570. The molecule has 25 heavy (non-hydrogen) atoms. The Bertz CT molecular complexity index is 461. The molecule has 2 aliphatic rings. The van der Waals surface area contributed by atoms with Crippen LogP contribution < -0.4 is 0 Å². The Morgan fingerprint density at radius 3 is 2.60 bits per heavy atom. The summed E-state index contributed by atoms with van der Waals surface area (Å²) in [4.78, 5) is 11.0. The van der Waals surface area contributed by atoms with Crippen molar-refractivity contribution in [2.75, 3.05) is 0 Å². The Hall–Kier alpha value is -1.04. The molecule has 2 aliphatic carbocycles. The predicted molar refractivity (Wildman–Crippen MR) is 101 cm³/mol. The highest BCUT2D eigenvalue weighted by atomic mass is 16.4. The maximum Gasteiger partial charge on any atom is 0.303 e. The molecule has 0 radical (unpaired) electrons. The van der Waals surface area contributed by atoms with E-state index in [4.69, 9.17) is 5.11 Å². The van der Waals surface area contributed by atoms with E-state index in [1.165, 1.54) is 51.4 Å². The highest BCUT2D eigenvalue weighted by Crippen LogP contribution is 2.56. The first-order chi connectivity index (χ1) is 12.0. The van der Waals surface area contributed by atoms with Gasteiger partial charge in [0.25, 0.3) is 0 Å². The van der Waals surface area contributed by atoms with Gasteiger partial charge in [0.15, 0.2) is 0 Å². The minimum Gasteiger partial charge on any atom is -0.481 e. The maximum atomic E-state index is 11.0. The van der Waals surface area contributed by atoms with Gasteiger partial charge in [0.2, 0.25) is 0 Å². The summed E-state index contributed by atoms with van der Waals surface area (Å²) in [5, 5.41) is 18.6. The molecule has 2 fully saturated rings. The number of carboxylic acid groups (broad SMARTS) is 1. The molecule has 2 rings (SSSR count). The average Bonchev–Trinajstić information content (AvgIpc) is 2.64. The third kappa shape index (κ3) is 5.22. The van der Waals surface area contributed by atoms with E-state index in [-0.39, 0.29) is 12.3 Å². The van der Waals surface area contributed by atoms with Crippen molar-refractivity contribution in [1.29, 1.82) is 5.26 Å². The zero-order chi connectivity index (χ0) is 18.3. The lowest BCUT2D eigenvalue weighted by atomic mass is 9.53. The molecule has 0 aromatic rings. The number of carbonyl (C=O) groups is 1. The van der Waals surface area contributed by atoms with Gasteiger partial charge >= 0.3 is 5.97 Å². The molecule has 3 heteroatoms. The minimum atomic E-state index is -0.674. The molecule has 0 aromatic heterocycles. The van der Waals surface area contributed by atoms with Crippen LogP contribution in [0, 0.1) is 40.4 Å². The van der Waals surface area contributed by atoms with Gasteiger partial charge in [-0.15, -0.1) is 0 Å². The van der Waals surface area contributed by atoms with Crippen LogP contribution >= 0.6 is 0 Å². The lowest BCUT2D eigenvalue weighted by Gasteiger charge is -2.51. The van der Waals surface area contributed by atoms with Gasteiger partial charge in [-0.05, 0) is 68.1 Å². The Morgan fingerprint density at radius 1 is 1.28 bits per heavy atom. The van der Waals surface area contributed by atoms with E-state index >= 15 is 0 Å². The fourth-order valence-corrected chi connectivity index (χ4v) is 5.85. The van der Waals surface area contributed by atoms with Crippen LogP contribution in [0.3, 0.4) is 0 Å². The summed E-state index contributed by atoms with van der Waals surface area (Å²) in [6, 6.07) is 2.56. The molecule has 2 saturated carbocycles. The largest absolute Gasteiger partial charge is 0.481 e. The monoisotopic (exact) mass is 347 g/mol. The van der Waals surface area contributed by atoms with Crippen molar-refractivity contribution in [2.45, 2.75) is 97.3 Å².